The second kappa shape index (κ2) is 6.29. The summed E-state index contributed by atoms with van der Waals surface area (Å²) in [4.78, 5) is 18.1. The number of hydrogen-bond donors (Lipinski definition) is 1. The number of nitrogens with one attached hydrogen (secondary N) is 1. The molecule has 0 radical (unpaired) electrons. The number of benzene rings is 1. The highest BCUT2D eigenvalue weighted by Crippen LogP contribution is 2.38. The summed E-state index contributed by atoms with van der Waals surface area (Å²) in [6.45, 7) is 10.5. The Morgan fingerprint density at radius 2 is 2.04 bits per heavy atom. The van der Waals surface area contributed by atoms with Gasteiger partial charge in [0.15, 0.2) is 5.78 Å². The molecule has 0 amide bonds. The van der Waals surface area contributed by atoms with Crippen LogP contribution in [0.2, 0.25) is 0 Å². The molecule has 1 fully saturated rings. The van der Waals surface area contributed by atoms with Gasteiger partial charge in [-0.25, -0.2) is 4.98 Å². The smallest absolute Gasteiger partial charge is 0.188 e. The van der Waals surface area contributed by atoms with E-state index in [0.717, 1.165) is 48.8 Å². The first kappa shape index (κ1) is 17.1. The molecule has 1 aromatic heterocycles. The van der Waals surface area contributed by atoms with Gasteiger partial charge in [0.1, 0.15) is 5.69 Å². The fourth-order valence-corrected chi connectivity index (χ4v) is 3.62. The third-order valence-electron chi connectivity index (χ3n) is 5.23. The van der Waals surface area contributed by atoms with Gasteiger partial charge in [-0.15, -0.1) is 0 Å². The molecule has 1 atom stereocenters. The minimum Gasteiger partial charge on any atom is -0.316 e. The Labute approximate surface area is 144 Å². The van der Waals surface area contributed by atoms with Gasteiger partial charge in [0.25, 0.3) is 0 Å². The molecule has 1 unspecified atom stereocenters. The maximum Gasteiger partial charge on any atom is 0.188 e. The molecule has 1 saturated heterocycles. The van der Waals surface area contributed by atoms with Crippen molar-refractivity contribution in [3.8, 4) is 0 Å². The highest BCUT2D eigenvalue weighted by Gasteiger charge is 2.42. The summed E-state index contributed by atoms with van der Waals surface area (Å²) in [5, 5.41) is 4.53. The standard InChI is InChI=1S/C21H28N2O/c1-15-13-18(23-17-8-6-5-7-16(15)17)19(24)21(11-12-22-14-21)10-9-20(2,3)4/h5-8,13,22H,9-12,14H2,1-4H3. The van der Waals surface area contributed by atoms with Gasteiger partial charge in [-0.05, 0) is 55.8 Å². The van der Waals surface area contributed by atoms with Crippen LogP contribution in [0.1, 0.15) is 56.1 Å². The van der Waals surface area contributed by atoms with E-state index in [9.17, 15) is 4.79 Å². The third-order valence-corrected chi connectivity index (χ3v) is 5.23. The van der Waals surface area contributed by atoms with Crippen molar-refractivity contribution in [3.05, 3.63) is 41.6 Å². The highest BCUT2D eigenvalue weighted by atomic mass is 16.1. The van der Waals surface area contributed by atoms with Crippen LogP contribution in [0.4, 0.5) is 0 Å². The number of nitrogens with zero attached hydrogens (tertiary/aromatic N) is 1. The van der Waals surface area contributed by atoms with E-state index in [2.05, 4.69) is 39.1 Å². The van der Waals surface area contributed by atoms with Crippen LogP contribution in [0.5, 0.6) is 0 Å². The number of aromatic nitrogens is 1. The highest BCUT2D eigenvalue weighted by molar-refractivity contribution is 6.01. The summed E-state index contributed by atoms with van der Waals surface area (Å²) in [6, 6.07) is 10.0. The lowest BCUT2D eigenvalue weighted by molar-refractivity contribution is 0.0778. The van der Waals surface area contributed by atoms with Crippen molar-refractivity contribution in [3.63, 3.8) is 0 Å². The molecule has 1 N–H and O–H groups in total. The van der Waals surface area contributed by atoms with E-state index >= 15 is 0 Å². The fourth-order valence-electron chi connectivity index (χ4n) is 3.62. The minimum absolute atomic E-state index is 0.214. The molecule has 1 aliphatic heterocycles. The maximum atomic E-state index is 13.4. The number of fused-ring (bicyclic) bond motifs is 1. The van der Waals surface area contributed by atoms with Crippen LogP contribution < -0.4 is 5.32 Å². The lowest BCUT2D eigenvalue weighted by atomic mass is 9.73. The molecule has 0 aliphatic carbocycles. The largest absolute Gasteiger partial charge is 0.316 e. The molecule has 3 rings (SSSR count). The lowest BCUT2D eigenvalue weighted by Gasteiger charge is -2.30. The van der Waals surface area contributed by atoms with Crippen LogP contribution in [0.25, 0.3) is 10.9 Å². The number of rotatable bonds is 4. The van der Waals surface area contributed by atoms with Crippen molar-refractivity contribution in [2.45, 2.75) is 47.0 Å². The van der Waals surface area contributed by atoms with Crippen LogP contribution in [-0.4, -0.2) is 23.9 Å². The molecular formula is C21H28N2O. The molecule has 24 heavy (non-hydrogen) atoms. The van der Waals surface area contributed by atoms with E-state index in [-0.39, 0.29) is 16.6 Å². The summed E-state index contributed by atoms with van der Waals surface area (Å²) in [5.41, 5.74) is 2.61. The van der Waals surface area contributed by atoms with Gasteiger partial charge in [0.2, 0.25) is 0 Å². The normalized spacial score (nSPS) is 21.3. The number of carbonyl (C=O) groups excluding carboxylic acids is 1. The van der Waals surface area contributed by atoms with Crippen molar-refractivity contribution < 1.29 is 4.79 Å². The molecule has 2 aromatic rings. The number of hydrogen-bond acceptors (Lipinski definition) is 3. The Hall–Kier alpha value is -1.74. The van der Waals surface area contributed by atoms with Crippen LogP contribution in [0.15, 0.2) is 30.3 Å². The number of carbonyl (C=O) groups is 1. The first-order valence-corrected chi connectivity index (χ1v) is 8.93. The van der Waals surface area contributed by atoms with E-state index in [4.69, 9.17) is 4.98 Å². The van der Waals surface area contributed by atoms with Gasteiger partial charge in [-0.1, -0.05) is 39.0 Å². The van der Waals surface area contributed by atoms with Crippen molar-refractivity contribution in [2.75, 3.05) is 13.1 Å². The summed E-state index contributed by atoms with van der Waals surface area (Å²) in [7, 11) is 0. The Balaban J connectivity index is 1.96. The van der Waals surface area contributed by atoms with E-state index in [1.807, 2.05) is 24.3 Å². The summed E-state index contributed by atoms with van der Waals surface area (Å²) in [6.07, 6.45) is 2.89. The molecule has 128 valence electrons. The van der Waals surface area contributed by atoms with Gasteiger partial charge in [-0.2, -0.15) is 0 Å². The molecule has 2 heterocycles. The third kappa shape index (κ3) is 3.36. The van der Waals surface area contributed by atoms with E-state index in [1.165, 1.54) is 0 Å². The van der Waals surface area contributed by atoms with Crippen molar-refractivity contribution in [2.24, 2.45) is 10.8 Å². The van der Waals surface area contributed by atoms with E-state index < -0.39 is 0 Å². The number of para-hydroxylation sites is 1. The molecule has 0 spiro atoms. The van der Waals surface area contributed by atoms with Gasteiger partial charge in [-0.3, -0.25) is 4.79 Å². The first-order chi connectivity index (χ1) is 11.3. The zero-order chi connectivity index (χ0) is 17.4. The molecular weight excluding hydrogens is 296 g/mol. The van der Waals surface area contributed by atoms with Crippen LogP contribution in [0, 0.1) is 17.8 Å². The fraction of sp³-hybridized carbons (Fsp3) is 0.524. The predicted octanol–water partition coefficient (Wildman–Crippen LogP) is 4.53. The summed E-state index contributed by atoms with van der Waals surface area (Å²) < 4.78 is 0. The molecule has 0 saturated carbocycles. The average molecular weight is 324 g/mol. The lowest BCUT2D eigenvalue weighted by Crippen LogP contribution is -2.35. The quantitative estimate of drug-likeness (QED) is 0.840. The van der Waals surface area contributed by atoms with E-state index in [0.29, 0.717) is 5.69 Å². The van der Waals surface area contributed by atoms with Gasteiger partial charge >= 0.3 is 0 Å². The zero-order valence-electron chi connectivity index (χ0n) is 15.3. The second-order valence-corrected chi connectivity index (χ2v) is 8.44. The number of aryl methyl sites for hydroxylation is 1. The van der Waals surface area contributed by atoms with Crippen molar-refractivity contribution in [1.82, 2.24) is 10.3 Å². The first-order valence-electron chi connectivity index (χ1n) is 8.93. The van der Waals surface area contributed by atoms with Crippen molar-refractivity contribution in [1.29, 1.82) is 0 Å². The van der Waals surface area contributed by atoms with Gasteiger partial charge in [0.05, 0.1) is 5.52 Å². The topological polar surface area (TPSA) is 42.0 Å². The molecule has 0 bridgehead atoms. The average Bonchev–Trinajstić information content (AvgIpc) is 3.02. The Morgan fingerprint density at radius 1 is 1.29 bits per heavy atom. The summed E-state index contributed by atoms with van der Waals surface area (Å²) >= 11 is 0. The Morgan fingerprint density at radius 3 is 2.71 bits per heavy atom. The van der Waals surface area contributed by atoms with Crippen LogP contribution in [0.3, 0.4) is 0 Å². The van der Waals surface area contributed by atoms with Gasteiger partial charge < -0.3 is 5.32 Å². The minimum atomic E-state index is -0.296. The van der Waals surface area contributed by atoms with Crippen molar-refractivity contribution >= 4 is 16.7 Å². The second-order valence-electron chi connectivity index (χ2n) is 8.44. The van der Waals surface area contributed by atoms with Crippen LogP contribution in [-0.2, 0) is 0 Å². The van der Waals surface area contributed by atoms with E-state index in [1.54, 1.807) is 0 Å². The monoisotopic (exact) mass is 324 g/mol. The summed E-state index contributed by atoms with van der Waals surface area (Å²) in [5.74, 6) is 0.214. The number of ketones is 1. The number of Topliss-reactive ketones (excluding diaryl/α,β-unsaturated/α-hetero) is 1. The SMILES string of the molecule is Cc1cc(C(=O)C2(CCC(C)(C)C)CCNC2)nc2ccccc12. The zero-order valence-corrected chi connectivity index (χ0v) is 15.3. The maximum absolute atomic E-state index is 13.4. The molecule has 3 nitrogen and oxygen atoms in total. The number of pyridine rings is 1. The molecule has 3 heteroatoms. The Bertz CT molecular complexity index is 752. The van der Waals surface area contributed by atoms with Crippen LogP contribution >= 0.6 is 0 Å². The van der Waals surface area contributed by atoms with Gasteiger partial charge in [0, 0.05) is 17.3 Å². The molecule has 1 aromatic carbocycles. The Kier molecular flexibility index (Phi) is 4.48. The predicted molar refractivity (Wildman–Crippen MR) is 99.4 cm³/mol. The molecule has 1 aliphatic rings.